The Morgan fingerprint density at radius 1 is 0.833 bits per heavy atom. The van der Waals surface area contributed by atoms with Gasteiger partial charge in [0.25, 0.3) is 0 Å². The van der Waals surface area contributed by atoms with Gasteiger partial charge < -0.3 is 0 Å². The molecule has 2 nitrogen and oxygen atoms in total. The Hall–Kier alpha value is -2.92. The second-order valence-electron chi connectivity index (χ2n) is 7.57. The van der Waals surface area contributed by atoms with Crippen LogP contribution in [0.1, 0.15) is 25.3 Å². The van der Waals surface area contributed by atoms with Crippen LogP contribution in [0.5, 0.6) is 0 Å². The Labute approximate surface area is 179 Å². The van der Waals surface area contributed by atoms with Crippen molar-refractivity contribution in [3.8, 4) is 22.3 Å². The van der Waals surface area contributed by atoms with Gasteiger partial charge in [-0.1, -0.05) is 43.8 Å². The number of nitrogens with zero attached hydrogens (tertiary/aromatic N) is 2. The summed E-state index contributed by atoms with van der Waals surface area (Å²) in [4.78, 5) is 1.87. The average Bonchev–Trinajstić information content (AvgIpc) is 3.16. The van der Waals surface area contributed by atoms with Gasteiger partial charge in [0.1, 0.15) is 11.6 Å². The molecular formula is C25H22F2N2S. The lowest BCUT2D eigenvalue weighted by Crippen LogP contribution is -1.91. The first-order valence-electron chi connectivity index (χ1n) is 9.77. The maximum absolute atomic E-state index is 14.5. The average molecular weight is 421 g/mol. The van der Waals surface area contributed by atoms with Crippen molar-refractivity contribution < 1.29 is 8.78 Å². The van der Waals surface area contributed by atoms with E-state index < -0.39 is 0 Å². The molecular weight excluding hydrogens is 398 g/mol. The van der Waals surface area contributed by atoms with Crippen LogP contribution < -0.4 is 0 Å². The lowest BCUT2D eigenvalue weighted by Gasteiger charge is -2.11. The van der Waals surface area contributed by atoms with E-state index in [9.17, 15) is 8.78 Å². The molecule has 30 heavy (non-hydrogen) atoms. The molecule has 0 bridgehead atoms. The van der Waals surface area contributed by atoms with E-state index in [4.69, 9.17) is 0 Å². The van der Waals surface area contributed by atoms with Crippen LogP contribution in [-0.2, 0) is 7.05 Å². The highest BCUT2D eigenvalue weighted by molar-refractivity contribution is 7.99. The molecule has 0 aliphatic heterocycles. The quantitative estimate of drug-likeness (QED) is 0.337. The third-order valence-electron chi connectivity index (χ3n) is 4.99. The highest BCUT2D eigenvalue weighted by Gasteiger charge is 2.12. The summed E-state index contributed by atoms with van der Waals surface area (Å²) in [7, 11) is 1.80. The fourth-order valence-corrected chi connectivity index (χ4v) is 4.25. The molecule has 0 fully saturated rings. The largest absolute Gasteiger partial charge is 0.275 e. The van der Waals surface area contributed by atoms with Crippen molar-refractivity contribution in [3.05, 3.63) is 90.3 Å². The predicted octanol–water partition coefficient (Wildman–Crippen LogP) is 7.31. The lowest BCUT2D eigenvalue weighted by atomic mass is 9.97. The van der Waals surface area contributed by atoms with Crippen molar-refractivity contribution >= 4 is 11.8 Å². The fourth-order valence-electron chi connectivity index (χ4n) is 3.34. The molecule has 1 heterocycles. The summed E-state index contributed by atoms with van der Waals surface area (Å²) in [5.74, 6) is -0.192. The maximum atomic E-state index is 14.5. The predicted molar refractivity (Wildman–Crippen MR) is 119 cm³/mol. The first-order chi connectivity index (χ1) is 14.4. The van der Waals surface area contributed by atoms with E-state index in [0.717, 1.165) is 26.5 Å². The van der Waals surface area contributed by atoms with E-state index in [1.165, 1.54) is 23.9 Å². The fraction of sp³-hybridized carbons (Fsp3) is 0.160. The first kappa shape index (κ1) is 20.4. The van der Waals surface area contributed by atoms with Crippen LogP contribution in [0.25, 0.3) is 22.3 Å². The Morgan fingerprint density at radius 2 is 1.53 bits per heavy atom. The molecule has 152 valence electrons. The molecule has 0 radical (unpaired) electrons. The van der Waals surface area contributed by atoms with Gasteiger partial charge in [-0.25, -0.2) is 8.78 Å². The summed E-state index contributed by atoms with van der Waals surface area (Å²) < 4.78 is 30.5. The normalized spacial score (nSPS) is 11.3. The van der Waals surface area contributed by atoms with Crippen LogP contribution in [0.2, 0.25) is 0 Å². The molecule has 0 amide bonds. The van der Waals surface area contributed by atoms with Gasteiger partial charge in [-0.3, -0.25) is 4.68 Å². The van der Waals surface area contributed by atoms with Gasteiger partial charge in [-0.2, -0.15) is 5.10 Å². The molecule has 0 unspecified atom stereocenters. The van der Waals surface area contributed by atoms with Crippen molar-refractivity contribution in [2.24, 2.45) is 7.05 Å². The number of aromatic nitrogens is 2. The number of halogens is 2. The molecule has 0 atom stereocenters. The lowest BCUT2D eigenvalue weighted by molar-refractivity contribution is 0.629. The van der Waals surface area contributed by atoms with E-state index >= 15 is 0 Å². The SMILES string of the molecule is CC(C)c1ccc(F)c(-c2cccc(Sc3ccc(F)c(-c4cnn(C)c4)c3)c2)c1. The zero-order valence-corrected chi connectivity index (χ0v) is 17.9. The Morgan fingerprint density at radius 3 is 2.23 bits per heavy atom. The minimum Gasteiger partial charge on any atom is -0.275 e. The van der Waals surface area contributed by atoms with Gasteiger partial charge >= 0.3 is 0 Å². The topological polar surface area (TPSA) is 17.8 Å². The molecule has 1 aromatic heterocycles. The summed E-state index contributed by atoms with van der Waals surface area (Å²) in [6.07, 6.45) is 3.44. The standard InChI is InChI=1S/C25H22F2N2S/c1-16(2)17-7-9-24(26)22(12-17)18-5-4-6-20(11-18)30-21-8-10-25(27)23(13-21)19-14-28-29(3)15-19/h4-16H,1-3H3. The van der Waals surface area contributed by atoms with Crippen LogP contribution in [0.15, 0.2) is 82.8 Å². The van der Waals surface area contributed by atoms with Gasteiger partial charge in [-0.05, 0) is 59.5 Å². The van der Waals surface area contributed by atoms with Crippen molar-refractivity contribution in [3.63, 3.8) is 0 Å². The van der Waals surface area contributed by atoms with Gasteiger partial charge in [0.2, 0.25) is 0 Å². The third-order valence-corrected chi connectivity index (χ3v) is 5.97. The van der Waals surface area contributed by atoms with Crippen molar-refractivity contribution in [2.45, 2.75) is 29.6 Å². The smallest absolute Gasteiger partial charge is 0.131 e. The van der Waals surface area contributed by atoms with E-state index in [0.29, 0.717) is 17.0 Å². The first-order valence-corrected chi connectivity index (χ1v) is 10.6. The molecule has 0 saturated heterocycles. The molecule has 0 spiro atoms. The highest BCUT2D eigenvalue weighted by Crippen LogP contribution is 2.35. The summed E-state index contributed by atoms with van der Waals surface area (Å²) >= 11 is 1.52. The van der Waals surface area contributed by atoms with Crippen molar-refractivity contribution in [1.82, 2.24) is 9.78 Å². The molecule has 0 aliphatic carbocycles. The molecule has 0 saturated carbocycles. The molecule has 0 N–H and O–H groups in total. The molecule has 4 aromatic rings. The van der Waals surface area contributed by atoms with E-state index in [-0.39, 0.29) is 11.6 Å². The number of hydrogen-bond donors (Lipinski definition) is 0. The van der Waals surface area contributed by atoms with Crippen LogP contribution in [0.3, 0.4) is 0 Å². The number of benzene rings is 3. The van der Waals surface area contributed by atoms with E-state index in [1.807, 2.05) is 42.5 Å². The number of hydrogen-bond acceptors (Lipinski definition) is 2. The second-order valence-corrected chi connectivity index (χ2v) is 8.72. The van der Waals surface area contributed by atoms with E-state index in [2.05, 4.69) is 18.9 Å². The maximum Gasteiger partial charge on any atom is 0.131 e. The molecule has 3 aromatic carbocycles. The zero-order chi connectivity index (χ0) is 21.3. The van der Waals surface area contributed by atoms with Crippen LogP contribution >= 0.6 is 11.8 Å². The van der Waals surface area contributed by atoms with Crippen molar-refractivity contribution in [2.75, 3.05) is 0 Å². The van der Waals surface area contributed by atoms with Gasteiger partial charge in [0.05, 0.1) is 6.20 Å². The van der Waals surface area contributed by atoms with Crippen molar-refractivity contribution in [1.29, 1.82) is 0 Å². The Bertz CT molecular complexity index is 1200. The third kappa shape index (κ3) is 4.31. The van der Waals surface area contributed by atoms with Gasteiger partial charge in [0.15, 0.2) is 0 Å². The summed E-state index contributed by atoms with van der Waals surface area (Å²) in [5.41, 5.74) is 3.77. The van der Waals surface area contributed by atoms with Gasteiger partial charge in [0, 0.05) is 39.7 Å². The van der Waals surface area contributed by atoms with E-state index in [1.54, 1.807) is 30.2 Å². The minimum absolute atomic E-state index is 0.234. The molecule has 4 rings (SSSR count). The molecule has 0 aliphatic rings. The van der Waals surface area contributed by atoms with Crippen LogP contribution in [-0.4, -0.2) is 9.78 Å². The Kier molecular flexibility index (Phi) is 5.73. The highest BCUT2D eigenvalue weighted by atomic mass is 32.2. The molecule has 5 heteroatoms. The van der Waals surface area contributed by atoms with Crippen LogP contribution in [0, 0.1) is 11.6 Å². The number of aryl methyl sites for hydroxylation is 1. The minimum atomic E-state index is -0.284. The summed E-state index contributed by atoms with van der Waals surface area (Å²) in [6, 6.07) is 18.1. The van der Waals surface area contributed by atoms with Gasteiger partial charge in [-0.15, -0.1) is 0 Å². The van der Waals surface area contributed by atoms with Crippen LogP contribution in [0.4, 0.5) is 8.78 Å². The Balaban J connectivity index is 1.66. The summed E-state index contributed by atoms with van der Waals surface area (Å²) in [6.45, 7) is 4.19. The monoisotopic (exact) mass is 420 g/mol. The zero-order valence-electron chi connectivity index (χ0n) is 17.1. The summed E-state index contributed by atoms with van der Waals surface area (Å²) in [5, 5.41) is 4.13. The second kappa shape index (κ2) is 8.44. The number of rotatable bonds is 5.